The topological polar surface area (TPSA) is 71.2 Å². The zero-order valence-electron chi connectivity index (χ0n) is 12.3. The summed E-state index contributed by atoms with van der Waals surface area (Å²) in [6.45, 7) is 1.57. The van der Waals surface area contributed by atoms with Crippen molar-refractivity contribution in [3.8, 4) is 0 Å². The predicted molar refractivity (Wildman–Crippen MR) is 86.6 cm³/mol. The Labute approximate surface area is 129 Å². The van der Waals surface area contributed by atoms with Crippen molar-refractivity contribution in [1.82, 2.24) is 0 Å². The lowest BCUT2D eigenvalue weighted by Gasteiger charge is -2.01. The predicted octanol–water partition coefficient (Wildman–Crippen LogP) is 1.76. The molecular formula is C16H20N4O2+2. The first kappa shape index (κ1) is 15.6. The highest BCUT2D eigenvalue weighted by molar-refractivity contribution is 5.82. The molecule has 6 nitrogen and oxygen atoms in total. The van der Waals surface area contributed by atoms with E-state index in [9.17, 15) is 0 Å². The minimum atomic E-state index is 0.786. The van der Waals surface area contributed by atoms with Crippen molar-refractivity contribution in [2.24, 2.45) is 10.3 Å². The van der Waals surface area contributed by atoms with Gasteiger partial charge in [-0.1, -0.05) is 10.3 Å². The highest BCUT2D eigenvalue weighted by atomic mass is 16.4. The third-order valence-corrected chi connectivity index (χ3v) is 3.30. The fourth-order valence-electron chi connectivity index (χ4n) is 2.12. The van der Waals surface area contributed by atoms with E-state index in [4.69, 9.17) is 10.4 Å². The van der Waals surface area contributed by atoms with Gasteiger partial charge in [-0.2, -0.15) is 0 Å². The maximum absolute atomic E-state index is 8.46. The molecule has 22 heavy (non-hydrogen) atoms. The largest absolute Gasteiger partial charge is 0.411 e. The number of oxime groups is 2. The summed E-state index contributed by atoms with van der Waals surface area (Å²) < 4.78 is 4.20. The van der Waals surface area contributed by atoms with Gasteiger partial charge in [0.05, 0.1) is 12.4 Å². The van der Waals surface area contributed by atoms with E-state index in [1.54, 1.807) is 0 Å². The van der Waals surface area contributed by atoms with Gasteiger partial charge in [0, 0.05) is 36.1 Å². The second-order valence-corrected chi connectivity index (χ2v) is 4.86. The van der Waals surface area contributed by atoms with Crippen LogP contribution >= 0.6 is 0 Å². The van der Waals surface area contributed by atoms with Crippen LogP contribution in [0.25, 0.3) is 0 Å². The highest BCUT2D eigenvalue weighted by Gasteiger charge is 2.06. The lowest BCUT2D eigenvalue weighted by molar-refractivity contribution is -0.444. The van der Waals surface area contributed by atoms with Gasteiger partial charge < -0.3 is 10.4 Å². The Kier molecular flexibility index (Phi) is 6.04. The average molecular weight is 300 g/mol. The number of hydrogen-bond acceptors (Lipinski definition) is 4. The Bertz CT molecular complexity index is 579. The second kappa shape index (κ2) is 8.51. The molecule has 0 aromatic heterocycles. The number of nitrogens with zero attached hydrogens (tertiary/aromatic N) is 4. The molecule has 6 heteroatoms. The summed E-state index contributed by atoms with van der Waals surface area (Å²) in [6.07, 6.45) is 20.8. The fourth-order valence-corrected chi connectivity index (χ4v) is 2.12. The SMILES string of the molecule is ON=CC1=CC[N+](=CCCC=[N+]2C=CC(C=NO)=CC2)C=C1. The Morgan fingerprint density at radius 3 is 1.64 bits per heavy atom. The standard InChI is InChI=1S/C16H18N4O2/c21-17-13-15-3-9-19(10-4-15)7-1-2-8-20-11-5-16(6-12-20)14-18-22/h3-9,11,13-14H,1-2,10,12H2/p+2. The van der Waals surface area contributed by atoms with Gasteiger partial charge in [-0.05, 0) is 12.2 Å². The molecule has 0 spiro atoms. The Hall–Kier alpha value is -2.76. The van der Waals surface area contributed by atoms with Crippen LogP contribution in [-0.4, -0.2) is 57.5 Å². The van der Waals surface area contributed by atoms with Crippen molar-refractivity contribution in [2.45, 2.75) is 12.8 Å². The zero-order chi connectivity index (χ0) is 15.6. The molecule has 0 saturated carbocycles. The summed E-state index contributed by atoms with van der Waals surface area (Å²) in [4.78, 5) is 0. The van der Waals surface area contributed by atoms with Crippen molar-refractivity contribution >= 4 is 24.9 Å². The number of rotatable bonds is 5. The van der Waals surface area contributed by atoms with Gasteiger partial charge in [-0.3, -0.25) is 0 Å². The minimum absolute atomic E-state index is 0.786. The Balaban J connectivity index is 1.77. The molecule has 0 aromatic carbocycles. The molecule has 114 valence electrons. The summed E-state index contributed by atoms with van der Waals surface area (Å²) in [7, 11) is 0. The highest BCUT2D eigenvalue weighted by Crippen LogP contribution is 2.02. The van der Waals surface area contributed by atoms with Crippen molar-refractivity contribution in [2.75, 3.05) is 13.1 Å². The Morgan fingerprint density at radius 2 is 1.32 bits per heavy atom. The first-order valence-electron chi connectivity index (χ1n) is 7.11. The lowest BCUT2D eigenvalue weighted by atomic mass is 10.2. The van der Waals surface area contributed by atoms with E-state index in [-0.39, 0.29) is 0 Å². The monoisotopic (exact) mass is 300 g/mol. The van der Waals surface area contributed by atoms with E-state index < -0.39 is 0 Å². The van der Waals surface area contributed by atoms with Gasteiger partial charge in [0.1, 0.15) is 12.4 Å². The van der Waals surface area contributed by atoms with E-state index in [1.165, 1.54) is 12.4 Å². The summed E-state index contributed by atoms with van der Waals surface area (Å²) in [5, 5.41) is 22.9. The van der Waals surface area contributed by atoms with Crippen LogP contribution in [0.1, 0.15) is 12.8 Å². The number of allylic oxidation sites excluding steroid dienone is 4. The number of unbranched alkanes of at least 4 members (excludes halogenated alkanes) is 1. The van der Waals surface area contributed by atoms with Gasteiger partial charge in [0.15, 0.2) is 25.5 Å². The lowest BCUT2D eigenvalue weighted by Crippen LogP contribution is -2.12. The van der Waals surface area contributed by atoms with E-state index in [0.29, 0.717) is 0 Å². The Morgan fingerprint density at radius 1 is 0.864 bits per heavy atom. The van der Waals surface area contributed by atoms with E-state index >= 15 is 0 Å². The molecule has 2 aliphatic rings. The summed E-state index contributed by atoms with van der Waals surface area (Å²) in [5.74, 6) is 0. The van der Waals surface area contributed by atoms with Crippen molar-refractivity contribution in [3.63, 3.8) is 0 Å². The maximum atomic E-state index is 8.46. The molecule has 0 unspecified atom stereocenters. The smallest absolute Gasteiger partial charge is 0.169 e. The van der Waals surface area contributed by atoms with Gasteiger partial charge in [0.2, 0.25) is 0 Å². The average Bonchev–Trinajstić information content (AvgIpc) is 2.55. The van der Waals surface area contributed by atoms with Crippen LogP contribution in [0.3, 0.4) is 0 Å². The maximum Gasteiger partial charge on any atom is 0.169 e. The van der Waals surface area contributed by atoms with Crippen LogP contribution in [0.15, 0.2) is 58.2 Å². The molecule has 0 amide bonds. The van der Waals surface area contributed by atoms with E-state index in [2.05, 4.69) is 31.9 Å². The third-order valence-electron chi connectivity index (χ3n) is 3.30. The molecule has 2 rings (SSSR count). The summed E-state index contributed by atoms with van der Waals surface area (Å²) >= 11 is 0. The minimum Gasteiger partial charge on any atom is -0.411 e. The van der Waals surface area contributed by atoms with Crippen LogP contribution in [0, 0.1) is 0 Å². The molecule has 0 aromatic rings. The molecule has 2 heterocycles. The zero-order valence-corrected chi connectivity index (χ0v) is 12.3. The first-order chi connectivity index (χ1) is 10.8. The van der Waals surface area contributed by atoms with Crippen LogP contribution in [0.5, 0.6) is 0 Å². The van der Waals surface area contributed by atoms with Crippen LogP contribution in [0.4, 0.5) is 0 Å². The summed E-state index contributed by atoms with van der Waals surface area (Å²) in [5.41, 5.74) is 1.82. The van der Waals surface area contributed by atoms with Crippen molar-refractivity contribution in [1.29, 1.82) is 0 Å². The normalized spacial score (nSPS) is 22.0. The molecule has 2 aliphatic heterocycles. The van der Waals surface area contributed by atoms with Gasteiger partial charge in [-0.25, -0.2) is 9.15 Å². The molecule has 2 N–H and O–H groups in total. The third kappa shape index (κ3) is 4.97. The van der Waals surface area contributed by atoms with Gasteiger partial charge in [0.25, 0.3) is 0 Å². The van der Waals surface area contributed by atoms with Crippen molar-refractivity contribution in [3.05, 3.63) is 47.9 Å². The molecule has 0 saturated heterocycles. The fraction of sp³-hybridized carbons (Fsp3) is 0.250. The molecule has 0 aliphatic carbocycles. The number of hydrogen-bond donors (Lipinski definition) is 2. The van der Waals surface area contributed by atoms with E-state index in [0.717, 1.165) is 37.1 Å². The quantitative estimate of drug-likeness (QED) is 0.267. The molecule has 0 bridgehead atoms. The van der Waals surface area contributed by atoms with Crippen LogP contribution in [0.2, 0.25) is 0 Å². The molecule has 0 radical (unpaired) electrons. The summed E-state index contributed by atoms with van der Waals surface area (Å²) in [6, 6.07) is 0. The van der Waals surface area contributed by atoms with Crippen LogP contribution in [-0.2, 0) is 0 Å². The van der Waals surface area contributed by atoms with Gasteiger partial charge in [-0.15, -0.1) is 0 Å². The second-order valence-electron chi connectivity index (χ2n) is 4.86. The molecule has 0 fully saturated rings. The van der Waals surface area contributed by atoms with Crippen LogP contribution < -0.4 is 0 Å². The molecular weight excluding hydrogens is 280 g/mol. The van der Waals surface area contributed by atoms with Gasteiger partial charge >= 0.3 is 0 Å². The van der Waals surface area contributed by atoms with E-state index in [1.807, 2.05) is 36.7 Å². The molecule has 0 atom stereocenters. The first-order valence-corrected chi connectivity index (χ1v) is 7.11. The van der Waals surface area contributed by atoms with Crippen molar-refractivity contribution < 1.29 is 19.6 Å².